The van der Waals surface area contributed by atoms with Crippen LogP contribution in [0.15, 0.2) is 176 Å². The van der Waals surface area contributed by atoms with E-state index in [4.69, 9.17) is 0 Å². The van der Waals surface area contributed by atoms with E-state index in [0.717, 1.165) is 5.69 Å². The van der Waals surface area contributed by atoms with Crippen LogP contribution in [0.3, 0.4) is 0 Å². The van der Waals surface area contributed by atoms with E-state index in [9.17, 15) is 0 Å². The lowest BCUT2D eigenvalue weighted by atomic mass is 9.90. The summed E-state index contributed by atoms with van der Waals surface area (Å²) in [5.74, 6) is 0. The third kappa shape index (κ3) is 4.32. The average Bonchev–Trinajstić information content (AvgIpc) is 3.88. The predicted molar refractivity (Wildman–Crippen MR) is 223 cm³/mol. The van der Waals surface area contributed by atoms with E-state index in [0.29, 0.717) is 0 Å². The molecule has 11 rings (SSSR count). The van der Waals surface area contributed by atoms with Gasteiger partial charge in [-0.05, 0) is 47.0 Å². The predicted octanol–water partition coefficient (Wildman–Crippen LogP) is 14.5. The van der Waals surface area contributed by atoms with Gasteiger partial charge in [0.15, 0.2) is 0 Å². The fourth-order valence-electron chi connectivity index (χ4n) is 8.16. The Morgan fingerprint density at radius 1 is 0.333 bits per heavy atom. The molecule has 0 amide bonds. The summed E-state index contributed by atoms with van der Waals surface area (Å²) in [6.45, 7) is 0. The first-order chi connectivity index (χ1) is 25.3. The Hall–Kier alpha value is -6.00. The molecule has 0 unspecified atom stereocenters. The van der Waals surface area contributed by atoms with Gasteiger partial charge in [-0.1, -0.05) is 146 Å². The normalized spacial score (nSPS) is 11.9. The fraction of sp³-hybridized carbons (Fsp3) is 0. The van der Waals surface area contributed by atoms with Crippen LogP contribution in [0.2, 0.25) is 0 Å². The number of rotatable bonds is 4. The highest BCUT2D eigenvalue weighted by atomic mass is 32.1. The van der Waals surface area contributed by atoms with Crippen LogP contribution in [0.25, 0.3) is 101 Å². The number of hydrogen-bond donors (Lipinski definition) is 0. The number of nitrogens with zero attached hydrogens (tertiary/aromatic N) is 1. The molecule has 11 aromatic rings. The maximum Gasteiger partial charge on any atom is 0.0626 e. The Bertz CT molecular complexity index is 3120. The van der Waals surface area contributed by atoms with Gasteiger partial charge in [0, 0.05) is 73.5 Å². The lowest BCUT2D eigenvalue weighted by Gasteiger charge is -2.17. The highest BCUT2D eigenvalue weighted by molar-refractivity contribution is 7.26. The number of hydrogen-bond acceptors (Lipinski definition) is 2. The third-order valence-electron chi connectivity index (χ3n) is 10.4. The van der Waals surface area contributed by atoms with Gasteiger partial charge in [0.2, 0.25) is 0 Å². The van der Waals surface area contributed by atoms with Crippen molar-refractivity contribution >= 4 is 84.8 Å². The Kier molecular flexibility index (Phi) is 6.36. The Morgan fingerprint density at radius 3 is 1.59 bits per heavy atom. The summed E-state index contributed by atoms with van der Waals surface area (Å²) in [5, 5.41) is 7.79. The molecule has 0 atom stereocenters. The van der Waals surface area contributed by atoms with Crippen molar-refractivity contribution in [1.29, 1.82) is 0 Å². The topological polar surface area (TPSA) is 4.93 Å². The van der Waals surface area contributed by atoms with Crippen LogP contribution in [0, 0.1) is 0 Å². The molecule has 0 saturated carbocycles. The minimum atomic E-state index is 1.16. The molecule has 3 heteroatoms. The zero-order valence-electron chi connectivity index (χ0n) is 27.5. The van der Waals surface area contributed by atoms with E-state index in [-0.39, 0.29) is 0 Å². The van der Waals surface area contributed by atoms with Crippen LogP contribution in [0.5, 0.6) is 0 Å². The average molecular weight is 684 g/mol. The quantitative estimate of drug-likeness (QED) is 0.174. The lowest BCUT2D eigenvalue weighted by Crippen LogP contribution is -1.97. The second-order valence-corrected chi connectivity index (χ2v) is 15.3. The largest absolute Gasteiger partial charge is 0.309 e. The third-order valence-corrected chi connectivity index (χ3v) is 12.9. The van der Waals surface area contributed by atoms with E-state index in [2.05, 4.69) is 180 Å². The highest BCUT2D eigenvalue weighted by Gasteiger charge is 2.24. The summed E-state index contributed by atoms with van der Waals surface area (Å²) in [6.07, 6.45) is 0. The summed E-state index contributed by atoms with van der Waals surface area (Å²) in [5.41, 5.74) is 11.1. The molecular formula is C48H29NS2. The van der Waals surface area contributed by atoms with Gasteiger partial charge in [0.1, 0.15) is 0 Å². The zero-order chi connectivity index (χ0) is 33.5. The molecule has 8 aromatic carbocycles. The van der Waals surface area contributed by atoms with Crippen LogP contribution in [0.1, 0.15) is 0 Å². The molecule has 3 aromatic heterocycles. The summed E-state index contributed by atoms with van der Waals surface area (Å²) in [7, 11) is 0. The Labute approximate surface area is 302 Å². The molecule has 3 heterocycles. The first-order valence-electron chi connectivity index (χ1n) is 17.4. The van der Waals surface area contributed by atoms with Crippen molar-refractivity contribution in [3.8, 4) is 39.1 Å². The minimum Gasteiger partial charge on any atom is -0.309 e. The first kappa shape index (κ1) is 28.8. The van der Waals surface area contributed by atoms with Gasteiger partial charge in [-0.2, -0.15) is 0 Å². The molecule has 0 N–H and O–H groups in total. The molecular weight excluding hydrogens is 655 g/mol. The second kappa shape index (κ2) is 11.3. The summed E-state index contributed by atoms with van der Waals surface area (Å²) < 4.78 is 7.80. The van der Waals surface area contributed by atoms with Crippen molar-refractivity contribution in [2.24, 2.45) is 0 Å². The monoisotopic (exact) mass is 683 g/mol. The molecule has 0 aliphatic carbocycles. The van der Waals surface area contributed by atoms with Gasteiger partial charge < -0.3 is 4.57 Å². The smallest absolute Gasteiger partial charge is 0.0626 e. The van der Waals surface area contributed by atoms with Gasteiger partial charge in [-0.15, -0.1) is 22.7 Å². The second-order valence-electron chi connectivity index (χ2n) is 13.2. The van der Waals surface area contributed by atoms with Crippen molar-refractivity contribution in [1.82, 2.24) is 4.57 Å². The van der Waals surface area contributed by atoms with E-state index in [1.165, 1.54) is 95.5 Å². The van der Waals surface area contributed by atoms with Crippen molar-refractivity contribution in [3.05, 3.63) is 176 Å². The number of para-hydroxylation sites is 1. The summed E-state index contributed by atoms with van der Waals surface area (Å²) in [6, 6.07) is 64.8. The number of fused-ring (bicyclic) bond motifs is 9. The van der Waals surface area contributed by atoms with Crippen molar-refractivity contribution < 1.29 is 0 Å². The van der Waals surface area contributed by atoms with Gasteiger partial charge >= 0.3 is 0 Å². The number of aromatic nitrogens is 1. The van der Waals surface area contributed by atoms with Crippen LogP contribution < -0.4 is 0 Å². The summed E-state index contributed by atoms with van der Waals surface area (Å²) in [4.78, 5) is 0. The van der Waals surface area contributed by atoms with Crippen molar-refractivity contribution in [3.63, 3.8) is 0 Å². The van der Waals surface area contributed by atoms with Crippen molar-refractivity contribution in [2.75, 3.05) is 0 Å². The minimum absolute atomic E-state index is 1.16. The zero-order valence-corrected chi connectivity index (χ0v) is 29.1. The van der Waals surface area contributed by atoms with Gasteiger partial charge in [-0.3, -0.25) is 0 Å². The van der Waals surface area contributed by atoms with Crippen LogP contribution in [0.4, 0.5) is 0 Å². The molecule has 1 nitrogen and oxygen atoms in total. The molecule has 0 radical (unpaired) electrons. The summed E-state index contributed by atoms with van der Waals surface area (Å²) >= 11 is 3.81. The van der Waals surface area contributed by atoms with Crippen LogP contribution in [-0.4, -0.2) is 4.57 Å². The van der Waals surface area contributed by atoms with Gasteiger partial charge in [0.25, 0.3) is 0 Å². The highest BCUT2D eigenvalue weighted by Crippen LogP contribution is 2.50. The van der Waals surface area contributed by atoms with E-state index in [1.54, 1.807) is 0 Å². The molecule has 238 valence electrons. The Balaban J connectivity index is 1.30. The lowest BCUT2D eigenvalue weighted by molar-refractivity contribution is 1.18. The number of thiophene rings is 2. The van der Waals surface area contributed by atoms with E-state index < -0.39 is 0 Å². The van der Waals surface area contributed by atoms with E-state index >= 15 is 0 Å². The molecule has 0 saturated heterocycles. The molecule has 0 spiro atoms. The maximum absolute atomic E-state index is 2.51. The molecule has 0 aliphatic rings. The van der Waals surface area contributed by atoms with Gasteiger partial charge in [-0.25, -0.2) is 0 Å². The van der Waals surface area contributed by atoms with Crippen molar-refractivity contribution in [2.45, 2.75) is 0 Å². The maximum atomic E-state index is 2.51. The first-order valence-corrected chi connectivity index (χ1v) is 19.0. The SMILES string of the molecule is c1ccc(-c2ccc(-n3c4ccccc4c4ccc(-c5cccc6c5sc5ccccc56)c(-c5cccc6c5sc5ccccc56)c43)cc2)cc1. The molecule has 0 aliphatic heterocycles. The Morgan fingerprint density at radius 2 is 0.882 bits per heavy atom. The van der Waals surface area contributed by atoms with Crippen LogP contribution in [-0.2, 0) is 0 Å². The number of benzene rings is 8. The molecule has 0 bridgehead atoms. The van der Waals surface area contributed by atoms with E-state index in [1.807, 2.05) is 22.7 Å². The molecule has 51 heavy (non-hydrogen) atoms. The standard InChI is InChI=1S/C48H29NS2/c1-2-12-30(13-3-1)31-24-26-32(27-25-31)49-42-21-7-4-14-33(42)37-29-28-36(40-19-10-17-38-34-15-5-8-22-43(34)50-47(38)40)45(46(37)49)41-20-11-18-39-35-16-6-9-23-44(35)51-48(39)41/h1-29H. The van der Waals surface area contributed by atoms with Crippen LogP contribution >= 0.6 is 22.7 Å². The van der Waals surface area contributed by atoms with Gasteiger partial charge in [0.05, 0.1) is 11.0 Å². The fourth-order valence-corrected chi connectivity index (χ4v) is 10.6. The molecule has 0 fully saturated rings.